The molecule has 2 heterocycles. The van der Waals surface area contributed by atoms with Crippen molar-refractivity contribution in [2.24, 2.45) is 5.41 Å². The molecule has 1 fully saturated rings. The maximum atomic E-state index is 4.64. The number of piperidine rings is 1. The third kappa shape index (κ3) is 2.92. The smallest absolute Gasteiger partial charge is 0.224 e. The molecule has 0 saturated carbocycles. The van der Waals surface area contributed by atoms with Gasteiger partial charge in [0.2, 0.25) is 5.95 Å². The second kappa shape index (κ2) is 5.12. The molecule has 18 heavy (non-hydrogen) atoms. The highest BCUT2D eigenvalue weighted by Crippen LogP contribution is 2.32. The Labute approximate surface area is 110 Å². The summed E-state index contributed by atoms with van der Waals surface area (Å²) in [5, 5.41) is 3.18. The Hall–Kier alpha value is -1.32. The SMILES string of the molecule is CCNc1ncc(C)c(N2CCC(C)(C)CC2)n1. The molecule has 1 aromatic rings. The molecule has 2 rings (SSSR count). The Balaban J connectivity index is 2.15. The van der Waals surface area contributed by atoms with Gasteiger partial charge in [-0.25, -0.2) is 4.98 Å². The molecule has 0 aliphatic carbocycles. The number of hydrogen-bond donors (Lipinski definition) is 1. The van der Waals surface area contributed by atoms with E-state index in [1.807, 2.05) is 6.20 Å². The number of hydrogen-bond acceptors (Lipinski definition) is 4. The Morgan fingerprint density at radius 1 is 1.33 bits per heavy atom. The molecular weight excluding hydrogens is 224 g/mol. The van der Waals surface area contributed by atoms with Gasteiger partial charge in [0.05, 0.1) is 0 Å². The first kappa shape index (κ1) is 13.1. The van der Waals surface area contributed by atoms with Gasteiger partial charge in [-0.1, -0.05) is 13.8 Å². The molecule has 4 nitrogen and oxygen atoms in total. The summed E-state index contributed by atoms with van der Waals surface area (Å²) in [5.41, 5.74) is 1.64. The Bertz CT molecular complexity index is 404. The third-order valence-electron chi connectivity index (χ3n) is 3.70. The lowest BCUT2D eigenvalue weighted by molar-refractivity contribution is 0.279. The van der Waals surface area contributed by atoms with Crippen molar-refractivity contribution in [1.29, 1.82) is 0 Å². The van der Waals surface area contributed by atoms with Crippen LogP contribution < -0.4 is 10.2 Å². The summed E-state index contributed by atoms with van der Waals surface area (Å²) in [6.07, 6.45) is 4.38. The lowest BCUT2D eigenvalue weighted by Crippen LogP contribution is -2.38. The predicted octanol–water partition coefficient (Wildman–Crippen LogP) is 2.84. The van der Waals surface area contributed by atoms with Crippen molar-refractivity contribution in [1.82, 2.24) is 9.97 Å². The van der Waals surface area contributed by atoms with E-state index in [1.54, 1.807) is 0 Å². The van der Waals surface area contributed by atoms with Gasteiger partial charge >= 0.3 is 0 Å². The van der Waals surface area contributed by atoms with Crippen LogP contribution in [0.25, 0.3) is 0 Å². The standard InChI is InChI=1S/C14H24N4/c1-5-15-13-16-10-11(2)12(17-13)18-8-6-14(3,4)7-9-18/h10H,5-9H2,1-4H3,(H,15,16,17). The fourth-order valence-corrected chi connectivity index (χ4v) is 2.32. The first-order valence-corrected chi connectivity index (χ1v) is 6.84. The van der Waals surface area contributed by atoms with Crippen LogP contribution >= 0.6 is 0 Å². The van der Waals surface area contributed by atoms with Crippen molar-refractivity contribution in [2.45, 2.75) is 40.5 Å². The van der Waals surface area contributed by atoms with Gasteiger partial charge in [-0.15, -0.1) is 0 Å². The van der Waals surface area contributed by atoms with Crippen LogP contribution in [0.15, 0.2) is 6.20 Å². The molecule has 0 atom stereocenters. The van der Waals surface area contributed by atoms with E-state index < -0.39 is 0 Å². The second-order valence-corrected chi connectivity index (χ2v) is 5.88. The van der Waals surface area contributed by atoms with Crippen LogP contribution in [0.2, 0.25) is 0 Å². The number of nitrogens with zero attached hydrogens (tertiary/aromatic N) is 3. The summed E-state index contributed by atoms with van der Waals surface area (Å²) in [5.74, 6) is 1.83. The van der Waals surface area contributed by atoms with Crippen LogP contribution in [0, 0.1) is 12.3 Å². The molecule has 0 aromatic carbocycles. The highest BCUT2D eigenvalue weighted by molar-refractivity contribution is 5.49. The van der Waals surface area contributed by atoms with Crippen LogP contribution in [0.3, 0.4) is 0 Å². The van der Waals surface area contributed by atoms with Crippen LogP contribution in [-0.2, 0) is 0 Å². The molecular formula is C14H24N4. The Kier molecular flexibility index (Phi) is 3.73. The van der Waals surface area contributed by atoms with E-state index in [4.69, 9.17) is 0 Å². The largest absolute Gasteiger partial charge is 0.356 e. The predicted molar refractivity (Wildman–Crippen MR) is 76.2 cm³/mol. The maximum absolute atomic E-state index is 4.64. The van der Waals surface area contributed by atoms with Gasteiger partial charge in [-0.2, -0.15) is 4.98 Å². The van der Waals surface area contributed by atoms with E-state index >= 15 is 0 Å². The van der Waals surface area contributed by atoms with Crippen molar-refractivity contribution >= 4 is 11.8 Å². The van der Waals surface area contributed by atoms with Gasteiger partial charge in [0.1, 0.15) is 5.82 Å². The van der Waals surface area contributed by atoms with Crippen molar-refractivity contribution in [3.63, 3.8) is 0 Å². The fraction of sp³-hybridized carbons (Fsp3) is 0.714. The summed E-state index contributed by atoms with van der Waals surface area (Å²) in [6.45, 7) is 11.9. The quantitative estimate of drug-likeness (QED) is 0.893. The highest BCUT2D eigenvalue weighted by Gasteiger charge is 2.26. The second-order valence-electron chi connectivity index (χ2n) is 5.88. The van der Waals surface area contributed by atoms with Crippen LogP contribution in [-0.4, -0.2) is 29.6 Å². The number of nitrogens with one attached hydrogen (secondary N) is 1. The van der Waals surface area contributed by atoms with Gasteiger partial charge in [0.25, 0.3) is 0 Å². The molecule has 0 bridgehead atoms. The first-order valence-electron chi connectivity index (χ1n) is 6.84. The van der Waals surface area contributed by atoms with E-state index in [-0.39, 0.29) is 0 Å². The van der Waals surface area contributed by atoms with Crippen LogP contribution in [0.1, 0.15) is 39.2 Å². The van der Waals surface area contributed by atoms with Crippen LogP contribution in [0.4, 0.5) is 11.8 Å². The van der Waals surface area contributed by atoms with E-state index in [9.17, 15) is 0 Å². The average Bonchev–Trinajstić information content (AvgIpc) is 2.32. The lowest BCUT2D eigenvalue weighted by Gasteiger charge is -2.38. The van der Waals surface area contributed by atoms with Crippen molar-refractivity contribution < 1.29 is 0 Å². The molecule has 100 valence electrons. The van der Waals surface area contributed by atoms with E-state index in [2.05, 4.69) is 47.9 Å². The molecule has 0 radical (unpaired) electrons. The number of rotatable bonds is 3. The molecule has 1 saturated heterocycles. The molecule has 1 aromatic heterocycles. The van der Waals surface area contributed by atoms with Gasteiger partial charge in [0, 0.05) is 31.4 Å². The molecule has 0 spiro atoms. The maximum Gasteiger partial charge on any atom is 0.224 e. The van der Waals surface area contributed by atoms with E-state index in [0.717, 1.165) is 37.0 Å². The molecule has 1 N–H and O–H groups in total. The number of anilines is 2. The van der Waals surface area contributed by atoms with Crippen molar-refractivity contribution in [2.75, 3.05) is 29.9 Å². The molecule has 1 aliphatic rings. The van der Waals surface area contributed by atoms with Gasteiger partial charge in [-0.05, 0) is 32.1 Å². The zero-order chi connectivity index (χ0) is 13.2. The molecule has 0 amide bonds. The molecule has 1 aliphatic heterocycles. The minimum Gasteiger partial charge on any atom is -0.356 e. The monoisotopic (exact) mass is 248 g/mol. The van der Waals surface area contributed by atoms with Gasteiger partial charge in [-0.3, -0.25) is 0 Å². The summed E-state index contributed by atoms with van der Waals surface area (Å²) in [6, 6.07) is 0. The molecule has 4 heteroatoms. The van der Waals surface area contributed by atoms with E-state index in [1.165, 1.54) is 12.8 Å². The zero-order valence-corrected chi connectivity index (χ0v) is 12.0. The minimum atomic E-state index is 0.474. The highest BCUT2D eigenvalue weighted by atomic mass is 15.2. The molecule has 0 unspecified atom stereocenters. The van der Waals surface area contributed by atoms with E-state index in [0.29, 0.717) is 5.41 Å². The average molecular weight is 248 g/mol. The Morgan fingerprint density at radius 2 is 2.00 bits per heavy atom. The number of aryl methyl sites for hydroxylation is 1. The lowest BCUT2D eigenvalue weighted by atomic mass is 9.82. The summed E-state index contributed by atoms with van der Waals surface area (Å²) < 4.78 is 0. The minimum absolute atomic E-state index is 0.474. The zero-order valence-electron chi connectivity index (χ0n) is 12.0. The normalized spacial score (nSPS) is 18.8. The Morgan fingerprint density at radius 3 is 2.61 bits per heavy atom. The summed E-state index contributed by atoms with van der Waals surface area (Å²) in [7, 11) is 0. The number of aromatic nitrogens is 2. The third-order valence-corrected chi connectivity index (χ3v) is 3.70. The summed E-state index contributed by atoms with van der Waals surface area (Å²) in [4.78, 5) is 11.3. The van der Waals surface area contributed by atoms with Gasteiger partial charge in [0.15, 0.2) is 0 Å². The van der Waals surface area contributed by atoms with Crippen molar-refractivity contribution in [3.05, 3.63) is 11.8 Å². The van der Waals surface area contributed by atoms with Crippen LogP contribution in [0.5, 0.6) is 0 Å². The van der Waals surface area contributed by atoms with Crippen molar-refractivity contribution in [3.8, 4) is 0 Å². The summed E-state index contributed by atoms with van der Waals surface area (Å²) >= 11 is 0. The van der Waals surface area contributed by atoms with Gasteiger partial charge < -0.3 is 10.2 Å². The first-order chi connectivity index (χ1) is 8.52. The fourth-order valence-electron chi connectivity index (χ4n) is 2.32. The topological polar surface area (TPSA) is 41.1 Å².